The van der Waals surface area contributed by atoms with Gasteiger partial charge in [0.05, 0.1) is 0 Å². The van der Waals surface area contributed by atoms with Gasteiger partial charge in [0.25, 0.3) is 0 Å². The minimum Gasteiger partial charge on any atom is -0.406 e. The Kier molecular flexibility index (Phi) is 3.55. The summed E-state index contributed by atoms with van der Waals surface area (Å²) in [6, 6.07) is 4.20. The van der Waals surface area contributed by atoms with E-state index in [4.69, 9.17) is 0 Å². The molecule has 1 aromatic rings. The smallest absolute Gasteiger partial charge is 0.406 e. The number of benzene rings is 1. The Morgan fingerprint density at radius 3 is 2.18 bits per heavy atom. The lowest BCUT2D eigenvalue weighted by Gasteiger charge is -2.22. The monoisotopic (exact) mass is 243 g/mol. The second-order valence-electron chi connectivity index (χ2n) is 4.68. The first-order valence-electron chi connectivity index (χ1n) is 5.07. The van der Waals surface area contributed by atoms with Gasteiger partial charge in [-0.15, -0.1) is 13.2 Å². The summed E-state index contributed by atoms with van der Waals surface area (Å²) in [5.74, 6) is -0.253. The summed E-state index contributed by atoms with van der Waals surface area (Å²) in [5, 5.41) is 0. The van der Waals surface area contributed by atoms with Crippen LogP contribution in [0.3, 0.4) is 0 Å². The van der Waals surface area contributed by atoms with Gasteiger partial charge in [0.2, 0.25) is 0 Å². The van der Waals surface area contributed by atoms with Crippen LogP contribution in [0.5, 0.6) is 5.75 Å². The first kappa shape index (κ1) is 13.6. The summed E-state index contributed by atoms with van der Waals surface area (Å²) < 4.78 is 40.0. The fourth-order valence-corrected chi connectivity index (χ4v) is 1.52. The van der Waals surface area contributed by atoms with Crippen LogP contribution in [0.2, 0.25) is 0 Å². The van der Waals surface area contributed by atoms with Crippen molar-refractivity contribution in [3.63, 3.8) is 0 Å². The molecule has 0 aliphatic carbocycles. The Balaban J connectivity index is 3.14. The van der Waals surface area contributed by atoms with Crippen LogP contribution >= 0.6 is 0 Å². The molecule has 0 aliphatic rings. The molecule has 0 aliphatic heterocycles. The van der Waals surface area contributed by atoms with E-state index in [0.29, 0.717) is 5.56 Å². The minimum absolute atomic E-state index is 0.184. The van der Waals surface area contributed by atoms with Crippen LogP contribution in [-0.2, 0) is 5.41 Å². The van der Waals surface area contributed by atoms with Crippen molar-refractivity contribution >= 4 is 0 Å². The highest BCUT2D eigenvalue weighted by molar-refractivity contribution is 5.42. The van der Waals surface area contributed by atoms with E-state index in [2.05, 4.69) is 17.4 Å². The van der Waals surface area contributed by atoms with Crippen molar-refractivity contribution in [2.45, 2.75) is 32.5 Å². The first-order valence-corrected chi connectivity index (χ1v) is 5.07. The zero-order valence-electron chi connectivity index (χ0n) is 9.98. The normalized spacial score (nSPS) is 12.4. The third-order valence-corrected chi connectivity index (χ3v) is 2.22. The highest BCUT2D eigenvalue weighted by Crippen LogP contribution is 2.31. The van der Waals surface area contributed by atoms with Crippen LogP contribution in [0.4, 0.5) is 13.2 Å². The van der Waals surface area contributed by atoms with Crippen molar-refractivity contribution < 1.29 is 17.9 Å². The first-order chi connectivity index (χ1) is 7.63. The zero-order valence-corrected chi connectivity index (χ0v) is 9.98. The van der Waals surface area contributed by atoms with Crippen LogP contribution < -0.4 is 4.74 Å². The van der Waals surface area contributed by atoms with Crippen molar-refractivity contribution in [3.8, 4) is 5.75 Å². The van der Waals surface area contributed by atoms with Crippen molar-refractivity contribution in [1.29, 1.82) is 0 Å². The molecule has 0 bridgehead atoms. The van der Waals surface area contributed by atoms with E-state index in [0.717, 1.165) is 5.56 Å². The van der Waals surface area contributed by atoms with Crippen LogP contribution in [0.25, 0.3) is 0 Å². The highest BCUT2D eigenvalue weighted by Gasteiger charge is 2.31. The fraction of sp³-hybridized carbons (Fsp3) is 0.385. The Hall–Kier alpha value is -1.45. The number of halogens is 3. The molecule has 0 amide bonds. The average Bonchev–Trinajstić information content (AvgIpc) is 2.13. The quantitative estimate of drug-likeness (QED) is 0.755. The van der Waals surface area contributed by atoms with Crippen LogP contribution in [0.1, 0.15) is 31.9 Å². The maximum Gasteiger partial charge on any atom is 0.573 e. The Morgan fingerprint density at radius 1 is 1.18 bits per heavy atom. The van der Waals surface area contributed by atoms with Gasteiger partial charge in [-0.2, -0.15) is 0 Å². The van der Waals surface area contributed by atoms with Crippen LogP contribution in [-0.4, -0.2) is 6.36 Å². The second kappa shape index (κ2) is 4.43. The van der Waals surface area contributed by atoms with Gasteiger partial charge in [-0.1, -0.05) is 33.4 Å². The highest BCUT2D eigenvalue weighted by atomic mass is 19.4. The molecular formula is C13H14F3O. The molecule has 1 nitrogen and oxygen atoms in total. The molecule has 0 aromatic heterocycles. The van der Waals surface area contributed by atoms with Gasteiger partial charge in [-0.05, 0) is 34.8 Å². The lowest BCUT2D eigenvalue weighted by atomic mass is 9.84. The van der Waals surface area contributed by atoms with E-state index in [9.17, 15) is 13.2 Å². The number of ether oxygens (including phenoxy) is 1. The van der Waals surface area contributed by atoms with E-state index in [-0.39, 0.29) is 11.2 Å². The van der Waals surface area contributed by atoms with E-state index in [1.165, 1.54) is 12.1 Å². The topological polar surface area (TPSA) is 9.23 Å². The number of rotatable bonds is 2. The third kappa shape index (κ3) is 3.80. The van der Waals surface area contributed by atoms with Crippen LogP contribution in [0, 0.1) is 6.08 Å². The number of hydrogen-bond acceptors (Lipinski definition) is 1. The maximum absolute atomic E-state index is 12.1. The molecule has 0 saturated carbocycles. The van der Waals surface area contributed by atoms with Gasteiger partial charge < -0.3 is 4.74 Å². The number of hydrogen-bond donors (Lipinski definition) is 0. The maximum atomic E-state index is 12.1. The molecule has 0 spiro atoms. The Bertz CT molecular complexity index is 414. The lowest BCUT2D eigenvalue weighted by Crippen LogP contribution is -2.18. The molecule has 0 atom stereocenters. The second-order valence-corrected chi connectivity index (χ2v) is 4.68. The number of alkyl halides is 3. The molecule has 17 heavy (non-hydrogen) atoms. The van der Waals surface area contributed by atoms with Crippen molar-refractivity contribution in [1.82, 2.24) is 0 Å². The molecule has 93 valence electrons. The summed E-state index contributed by atoms with van der Waals surface area (Å²) in [7, 11) is 0. The molecule has 4 heteroatoms. The molecule has 1 aromatic carbocycles. The molecule has 0 unspecified atom stereocenters. The molecular weight excluding hydrogens is 229 g/mol. The largest absolute Gasteiger partial charge is 0.573 e. The lowest BCUT2D eigenvalue weighted by molar-refractivity contribution is -0.274. The van der Waals surface area contributed by atoms with Gasteiger partial charge in [0.15, 0.2) is 0 Å². The molecule has 0 saturated heterocycles. The average molecular weight is 243 g/mol. The van der Waals surface area contributed by atoms with E-state index in [1.807, 2.05) is 20.8 Å². The summed E-state index contributed by atoms with van der Waals surface area (Å²) in [4.78, 5) is 0. The zero-order chi connectivity index (χ0) is 13.3. The fourth-order valence-electron chi connectivity index (χ4n) is 1.52. The summed E-state index contributed by atoms with van der Waals surface area (Å²) in [5.41, 5.74) is 1.22. The van der Waals surface area contributed by atoms with Crippen LogP contribution in [0.15, 0.2) is 24.8 Å². The standard InChI is InChI=1S/C13H14F3O/c1-5-9-8-10(17-13(14,15)16)6-7-11(9)12(2,3)4/h6-8H,1H2,2-4H3. The van der Waals surface area contributed by atoms with Gasteiger partial charge in [0, 0.05) is 0 Å². The van der Waals surface area contributed by atoms with E-state index < -0.39 is 6.36 Å². The van der Waals surface area contributed by atoms with Gasteiger partial charge in [-0.25, -0.2) is 0 Å². The predicted molar refractivity (Wildman–Crippen MR) is 59.8 cm³/mol. The summed E-state index contributed by atoms with van der Waals surface area (Å²) in [6.45, 7) is 9.38. The van der Waals surface area contributed by atoms with Gasteiger partial charge in [0.1, 0.15) is 5.75 Å². The molecule has 1 radical (unpaired) electrons. The molecule has 0 fully saturated rings. The Morgan fingerprint density at radius 2 is 1.76 bits per heavy atom. The van der Waals surface area contributed by atoms with Gasteiger partial charge in [-0.3, -0.25) is 0 Å². The predicted octanol–water partition coefficient (Wildman–Crippen LogP) is 4.22. The summed E-state index contributed by atoms with van der Waals surface area (Å²) >= 11 is 0. The molecule has 1 rings (SSSR count). The van der Waals surface area contributed by atoms with Crippen molar-refractivity contribution in [2.24, 2.45) is 0 Å². The van der Waals surface area contributed by atoms with Gasteiger partial charge >= 0.3 is 6.36 Å². The molecule has 0 N–H and O–H groups in total. The molecule has 0 heterocycles. The SMILES string of the molecule is C=[C]c1cc(OC(F)(F)F)ccc1C(C)(C)C. The minimum atomic E-state index is -4.68. The Labute approximate surface area is 98.9 Å². The summed E-state index contributed by atoms with van der Waals surface area (Å²) in [6.07, 6.45) is -2.05. The van der Waals surface area contributed by atoms with Crippen molar-refractivity contribution in [2.75, 3.05) is 0 Å². The van der Waals surface area contributed by atoms with E-state index >= 15 is 0 Å². The van der Waals surface area contributed by atoms with Crippen molar-refractivity contribution in [3.05, 3.63) is 42.0 Å². The third-order valence-electron chi connectivity index (χ3n) is 2.22. The van der Waals surface area contributed by atoms with E-state index in [1.54, 1.807) is 6.07 Å².